The van der Waals surface area contributed by atoms with Crippen molar-refractivity contribution >= 4 is 34.6 Å². The average molecular weight is 470 g/mol. The molecule has 0 radical (unpaired) electrons. The summed E-state index contributed by atoms with van der Waals surface area (Å²) < 4.78 is 8.85. The van der Waals surface area contributed by atoms with Gasteiger partial charge in [0.25, 0.3) is 0 Å². The Balaban J connectivity index is 1.45. The highest BCUT2D eigenvalue weighted by molar-refractivity contribution is 6.00. The summed E-state index contributed by atoms with van der Waals surface area (Å²) in [4.78, 5) is 53.9. The van der Waals surface area contributed by atoms with E-state index in [1.54, 1.807) is 14.0 Å². The van der Waals surface area contributed by atoms with Crippen molar-refractivity contribution in [2.24, 2.45) is 0 Å². The number of benzene rings is 1. The van der Waals surface area contributed by atoms with Gasteiger partial charge >= 0.3 is 11.8 Å². The molecule has 2 aromatic rings. The Hall–Kier alpha value is -3.30. The Bertz CT molecular complexity index is 1230. The maximum atomic E-state index is 13.3. The van der Waals surface area contributed by atoms with Gasteiger partial charge in [0.1, 0.15) is 11.6 Å². The molecule has 34 heavy (non-hydrogen) atoms. The largest absolute Gasteiger partial charge is 0.444 e. The zero-order valence-corrected chi connectivity index (χ0v) is 19.9. The number of rotatable bonds is 2. The van der Waals surface area contributed by atoms with E-state index in [0.717, 1.165) is 35.1 Å². The maximum Gasteiger partial charge on any atom is 0.410 e. The minimum Gasteiger partial charge on any atom is -0.444 e. The minimum atomic E-state index is -0.678. The fraction of sp³-hybridized carbons (Fsp3) is 0.583. The molecule has 2 fully saturated rings. The summed E-state index contributed by atoms with van der Waals surface area (Å²) in [5, 5.41) is 2.37. The first-order chi connectivity index (χ1) is 16.1. The molecule has 1 N–H and O–H groups in total. The first-order valence-corrected chi connectivity index (χ1v) is 12.0. The zero-order chi connectivity index (χ0) is 24.2. The molecule has 182 valence electrons. The molecule has 4 heterocycles. The lowest BCUT2D eigenvalue weighted by molar-refractivity contribution is -0.135. The number of aryl methyl sites for hydroxylation is 2. The van der Waals surface area contributed by atoms with Crippen LogP contribution in [0.3, 0.4) is 0 Å². The summed E-state index contributed by atoms with van der Waals surface area (Å²) in [7, 11) is 0. The number of amides is 3. The van der Waals surface area contributed by atoms with Gasteiger partial charge in [-0.3, -0.25) is 24.0 Å². The Morgan fingerprint density at radius 3 is 2.44 bits per heavy atom. The zero-order valence-electron chi connectivity index (χ0n) is 19.9. The van der Waals surface area contributed by atoms with Crippen LogP contribution in [0.5, 0.6) is 0 Å². The van der Waals surface area contributed by atoms with Gasteiger partial charge in [0.05, 0.1) is 11.0 Å². The van der Waals surface area contributed by atoms with Crippen LogP contribution in [0.25, 0.3) is 11.0 Å². The predicted molar refractivity (Wildman–Crippen MR) is 126 cm³/mol. The number of piperidine rings is 1. The standard InChI is InChI=1S/C24H31N5O5/c1-24(2,3)34-23(33)27-13-11-26(12-14-27)16-6-7-17-20-15(16)5-4-10-28(20)22(32)29(17)18-8-9-19(30)25-21(18)31/h6-7,18H,4-5,8-14H2,1-3H3,(H,25,30,31). The van der Waals surface area contributed by atoms with Gasteiger partial charge < -0.3 is 14.5 Å². The van der Waals surface area contributed by atoms with Gasteiger partial charge in [-0.25, -0.2) is 9.59 Å². The molecule has 3 aliphatic rings. The van der Waals surface area contributed by atoms with Crippen molar-refractivity contribution in [2.45, 2.75) is 64.6 Å². The number of imide groups is 1. The molecular weight excluding hydrogens is 438 g/mol. The summed E-state index contributed by atoms with van der Waals surface area (Å²) >= 11 is 0. The highest BCUT2D eigenvalue weighted by atomic mass is 16.6. The van der Waals surface area contributed by atoms with Crippen LogP contribution in [-0.2, 0) is 27.3 Å². The molecule has 2 saturated heterocycles. The van der Waals surface area contributed by atoms with Crippen LogP contribution >= 0.6 is 0 Å². The lowest BCUT2D eigenvalue weighted by Gasteiger charge is -2.38. The molecule has 1 atom stereocenters. The molecule has 0 aliphatic carbocycles. The number of hydrogen-bond acceptors (Lipinski definition) is 6. The van der Waals surface area contributed by atoms with Crippen molar-refractivity contribution in [3.05, 3.63) is 28.2 Å². The van der Waals surface area contributed by atoms with Crippen molar-refractivity contribution in [1.29, 1.82) is 0 Å². The van der Waals surface area contributed by atoms with Crippen LogP contribution in [0, 0.1) is 0 Å². The third-order valence-electron chi connectivity index (χ3n) is 6.81. The van der Waals surface area contributed by atoms with Gasteiger partial charge in [-0.05, 0) is 52.2 Å². The number of aromatic nitrogens is 2. The number of nitrogens with zero attached hydrogens (tertiary/aromatic N) is 4. The quantitative estimate of drug-likeness (QED) is 0.673. The molecule has 3 aliphatic heterocycles. The lowest BCUT2D eigenvalue weighted by Crippen LogP contribution is -2.50. The van der Waals surface area contributed by atoms with Crippen molar-refractivity contribution in [3.8, 4) is 0 Å². The fourth-order valence-electron chi connectivity index (χ4n) is 5.29. The Labute approximate surface area is 197 Å². The number of piperazine rings is 1. The molecule has 3 amide bonds. The van der Waals surface area contributed by atoms with Crippen LogP contribution < -0.4 is 15.9 Å². The van der Waals surface area contributed by atoms with E-state index in [9.17, 15) is 19.2 Å². The maximum absolute atomic E-state index is 13.3. The topological polar surface area (TPSA) is 106 Å². The number of hydrogen-bond donors (Lipinski definition) is 1. The number of carbonyl (C=O) groups is 3. The second kappa shape index (κ2) is 8.18. The summed E-state index contributed by atoms with van der Waals surface area (Å²) in [6, 6.07) is 3.27. The molecule has 0 saturated carbocycles. The summed E-state index contributed by atoms with van der Waals surface area (Å²) in [5.74, 6) is -0.712. The number of nitrogens with one attached hydrogen (secondary N) is 1. The van der Waals surface area contributed by atoms with Crippen molar-refractivity contribution in [2.75, 3.05) is 31.1 Å². The summed E-state index contributed by atoms with van der Waals surface area (Å²) in [6.45, 7) is 8.68. The minimum absolute atomic E-state index is 0.197. The smallest absolute Gasteiger partial charge is 0.410 e. The highest BCUT2D eigenvalue weighted by Gasteiger charge is 2.34. The average Bonchev–Trinajstić information content (AvgIpc) is 3.06. The number of imidazole rings is 1. The van der Waals surface area contributed by atoms with E-state index in [2.05, 4.69) is 10.2 Å². The number of anilines is 1. The molecule has 1 unspecified atom stereocenters. The molecule has 5 rings (SSSR count). The Morgan fingerprint density at radius 2 is 1.76 bits per heavy atom. The molecule has 1 aromatic heterocycles. The first kappa shape index (κ1) is 22.5. The second-order valence-corrected chi connectivity index (χ2v) is 10.3. The van der Waals surface area contributed by atoms with E-state index in [1.165, 1.54) is 0 Å². The molecular formula is C24H31N5O5. The van der Waals surface area contributed by atoms with Crippen LogP contribution in [0.4, 0.5) is 10.5 Å². The molecule has 1 aromatic carbocycles. The second-order valence-electron chi connectivity index (χ2n) is 10.3. The van der Waals surface area contributed by atoms with Gasteiger partial charge in [-0.1, -0.05) is 0 Å². The van der Waals surface area contributed by atoms with Gasteiger partial charge in [0.15, 0.2) is 0 Å². The van der Waals surface area contributed by atoms with Gasteiger partial charge in [0.2, 0.25) is 11.8 Å². The lowest BCUT2D eigenvalue weighted by atomic mass is 10.00. The number of ether oxygens (including phenoxy) is 1. The Morgan fingerprint density at radius 1 is 1.03 bits per heavy atom. The van der Waals surface area contributed by atoms with E-state index in [1.807, 2.05) is 32.9 Å². The molecule has 10 nitrogen and oxygen atoms in total. The number of carbonyl (C=O) groups excluding carboxylic acids is 3. The van der Waals surface area contributed by atoms with Gasteiger partial charge in [0, 0.05) is 50.4 Å². The molecule has 0 spiro atoms. The van der Waals surface area contributed by atoms with Crippen molar-refractivity contribution in [1.82, 2.24) is 19.4 Å². The van der Waals surface area contributed by atoms with Crippen molar-refractivity contribution < 1.29 is 19.1 Å². The monoisotopic (exact) mass is 469 g/mol. The van der Waals surface area contributed by atoms with E-state index in [-0.39, 0.29) is 24.1 Å². The van der Waals surface area contributed by atoms with Crippen LogP contribution in [0.15, 0.2) is 16.9 Å². The third-order valence-corrected chi connectivity index (χ3v) is 6.81. The Kier molecular flexibility index (Phi) is 5.41. The van der Waals surface area contributed by atoms with Crippen molar-refractivity contribution in [3.63, 3.8) is 0 Å². The van der Waals surface area contributed by atoms with Gasteiger partial charge in [-0.2, -0.15) is 0 Å². The summed E-state index contributed by atoms with van der Waals surface area (Å²) in [6.07, 6.45) is 1.95. The third kappa shape index (κ3) is 3.84. The van der Waals surface area contributed by atoms with Gasteiger partial charge in [-0.15, -0.1) is 0 Å². The first-order valence-electron chi connectivity index (χ1n) is 12.0. The van der Waals surface area contributed by atoms with Crippen LogP contribution in [0.2, 0.25) is 0 Å². The van der Waals surface area contributed by atoms with E-state index >= 15 is 0 Å². The highest BCUT2D eigenvalue weighted by Crippen LogP contribution is 2.35. The normalized spacial score (nSPS) is 21.1. The van der Waals surface area contributed by atoms with Crippen LogP contribution in [0.1, 0.15) is 51.6 Å². The summed E-state index contributed by atoms with van der Waals surface area (Å²) in [5.41, 5.74) is 3.08. The van der Waals surface area contributed by atoms with E-state index in [4.69, 9.17) is 4.74 Å². The molecule has 0 bridgehead atoms. The molecule has 10 heteroatoms. The van der Waals surface area contributed by atoms with Crippen LogP contribution in [-0.4, -0.2) is 63.7 Å². The predicted octanol–water partition coefficient (Wildman–Crippen LogP) is 1.78. The SMILES string of the molecule is CC(C)(C)OC(=O)N1CCN(c2ccc3c4c2CCCn4c(=O)n3C2CCC(=O)NC2=O)CC1. The van der Waals surface area contributed by atoms with E-state index < -0.39 is 17.6 Å². The fourth-order valence-corrected chi connectivity index (χ4v) is 5.29. The van der Waals surface area contributed by atoms with E-state index in [0.29, 0.717) is 39.1 Å².